The van der Waals surface area contributed by atoms with Crippen molar-refractivity contribution >= 4 is 22.9 Å². The van der Waals surface area contributed by atoms with Crippen LogP contribution in [0.15, 0.2) is 17.5 Å². The average molecular weight is 229 g/mol. The third-order valence-electron chi connectivity index (χ3n) is 2.20. The first-order valence-corrected chi connectivity index (χ1v) is 5.74. The second-order valence-corrected chi connectivity index (χ2v) is 4.73. The first-order chi connectivity index (χ1) is 6.65. The Kier molecular flexibility index (Phi) is 4.40. The molecular weight excluding hydrogens is 216 g/mol. The molecule has 0 aromatic carbocycles. The zero-order valence-corrected chi connectivity index (χ0v) is 9.85. The third-order valence-corrected chi connectivity index (χ3v) is 3.48. The van der Waals surface area contributed by atoms with Gasteiger partial charge in [0.2, 0.25) is 0 Å². The number of hydrogen-bond acceptors (Lipinski definition) is 3. The lowest BCUT2D eigenvalue weighted by Gasteiger charge is -2.23. The number of nitrogens with zero attached hydrogens (tertiary/aromatic N) is 2. The highest BCUT2D eigenvalue weighted by Crippen LogP contribution is 2.23. The molecule has 0 aliphatic carbocycles. The standard InChI is InChI=1S/C10H13ClN2S/c1-8(10-4-3-5-14-10)13(2)7-9(11)6-12/h3-5,8-9H,7H2,1-2H3. The Morgan fingerprint density at radius 1 is 1.71 bits per heavy atom. The Bertz CT molecular complexity index is 304. The Labute approximate surface area is 93.7 Å². The van der Waals surface area contributed by atoms with Crippen LogP contribution in [0.1, 0.15) is 17.8 Å². The molecule has 2 nitrogen and oxygen atoms in total. The summed E-state index contributed by atoms with van der Waals surface area (Å²) in [5.74, 6) is 0. The molecule has 0 saturated heterocycles. The molecule has 0 aliphatic rings. The highest BCUT2D eigenvalue weighted by molar-refractivity contribution is 7.10. The number of rotatable bonds is 4. The van der Waals surface area contributed by atoms with E-state index in [1.807, 2.05) is 19.2 Å². The molecule has 0 saturated carbocycles. The summed E-state index contributed by atoms with van der Waals surface area (Å²) in [5, 5.41) is 10.2. The van der Waals surface area contributed by atoms with E-state index >= 15 is 0 Å². The molecular formula is C10H13ClN2S. The normalized spacial score (nSPS) is 15.1. The minimum Gasteiger partial charge on any atom is -0.296 e. The summed E-state index contributed by atoms with van der Waals surface area (Å²) in [7, 11) is 1.98. The van der Waals surface area contributed by atoms with E-state index in [0.29, 0.717) is 12.6 Å². The van der Waals surface area contributed by atoms with E-state index in [-0.39, 0.29) is 0 Å². The van der Waals surface area contributed by atoms with Gasteiger partial charge in [-0.15, -0.1) is 22.9 Å². The second kappa shape index (κ2) is 5.35. The van der Waals surface area contributed by atoms with Gasteiger partial charge in [0, 0.05) is 17.5 Å². The minimum absolute atomic E-state index is 0.324. The van der Waals surface area contributed by atoms with Crippen LogP contribution in [0.4, 0.5) is 0 Å². The van der Waals surface area contributed by atoms with Gasteiger partial charge >= 0.3 is 0 Å². The molecule has 0 spiro atoms. The molecule has 2 unspecified atom stereocenters. The predicted octanol–water partition coefficient (Wildman–Crippen LogP) is 2.87. The molecule has 1 rings (SSSR count). The number of halogens is 1. The first-order valence-electron chi connectivity index (χ1n) is 4.42. The van der Waals surface area contributed by atoms with Crippen molar-refractivity contribution in [2.75, 3.05) is 13.6 Å². The van der Waals surface area contributed by atoms with E-state index < -0.39 is 5.38 Å². The lowest BCUT2D eigenvalue weighted by Crippen LogP contribution is -2.27. The molecule has 0 radical (unpaired) electrons. The number of nitriles is 1. The number of alkyl halides is 1. The largest absolute Gasteiger partial charge is 0.296 e. The van der Waals surface area contributed by atoms with Gasteiger partial charge in [0.1, 0.15) is 5.38 Å². The van der Waals surface area contributed by atoms with Crippen LogP contribution in [0, 0.1) is 11.3 Å². The van der Waals surface area contributed by atoms with Crippen molar-refractivity contribution in [2.45, 2.75) is 18.3 Å². The van der Waals surface area contributed by atoms with E-state index in [2.05, 4.69) is 23.3 Å². The molecule has 76 valence electrons. The summed E-state index contributed by atoms with van der Waals surface area (Å²) < 4.78 is 0. The Morgan fingerprint density at radius 2 is 2.43 bits per heavy atom. The van der Waals surface area contributed by atoms with Crippen LogP contribution in [0.2, 0.25) is 0 Å². The van der Waals surface area contributed by atoms with Crippen LogP contribution in [0.3, 0.4) is 0 Å². The van der Waals surface area contributed by atoms with Gasteiger partial charge < -0.3 is 0 Å². The summed E-state index contributed by atoms with van der Waals surface area (Å²) in [5.41, 5.74) is 0. The van der Waals surface area contributed by atoms with E-state index in [9.17, 15) is 0 Å². The Hall–Kier alpha value is -0.560. The first kappa shape index (κ1) is 11.5. The van der Waals surface area contributed by atoms with Gasteiger partial charge in [-0.2, -0.15) is 5.26 Å². The molecule has 1 aromatic rings. The molecule has 0 bridgehead atoms. The zero-order chi connectivity index (χ0) is 10.6. The van der Waals surface area contributed by atoms with Gasteiger partial charge in [-0.05, 0) is 25.4 Å². The summed E-state index contributed by atoms with van der Waals surface area (Å²) in [6.45, 7) is 2.71. The summed E-state index contributed by atoms with van der Waals surface area (Å²) in [4.78, 5) is 3.39. The van der Waals surface area contributed by atoms with Gasteiger partial charge in [0.05, 0.1) is 6.07 Å². The Balaban J connectivity index is 2.54. The maximum atomic E-state index is 8.59. The maximum Gasteiger partial charge on any atom is 0.133 e. The fraction of sp³-hybridized carbons (Fsp3) is 0.500. The van der Waals surface area contributed by atoms with E-state index in [4.69, 9.17) is 16.9 Å². The highest BCUT2D eigenvalue weighted by Gasteiger charge is 2.15. The van der Waals surface area contributed by atoms with Gasteiger partial charge in [-0.25, -0.2) is 0 Å². The molecule has 4 heteroatoms. The highest BCUT2D eigenvalue weighted by atomic mass is 35.5. The van der Waals surface area contributed by atoms with Gasteiger partial charge in [0.25, 0.3) is 0 Å². The van der Waals surface area contributed by atoms with Crippen molar-refractivity contribution in [3.63, 3.8) is 0 Å². The van der Waals surface area contributed by atoms with E-state index in [0.717, 1.165) is 0 Å². The fourth-order valence-corrected chi connectivity index (χ4v) is 2.26. The fourth-order valence-electron chi connectivity index (χ4n) is 1.20. The molecule has 0 aliphatic heterocycles. The van der Waals surface area contributed by atoms with Gasteiger partial charge in [-0.1, -0.05) is 6.07 Å². The van der Waals surface area contributed by atoms with Crippen LogP contribution in [-0.2, 0) is 0 Å². The summed E-state index contributed by atoms with van der Waals surface area (Å²) in [6, 6.07) is 6.48. The molecule has 0 N–H and O–H groups in total. The van der Waals surface area contributed by atoms with Crippen molar-refractivity contribution in [3.05, 3.63) is 22.4 Å². The molecule has 0 fully saturated rings. The molecule has 0 amide bonds. The van der Waals surface area contributed by atoms with E-state index in [1.165, 1.54) is 4.88 Å². The zero-order valence-electron chi connectivity index (χ0n) is 8.27. The maximum absolute atomic E-state index is 8.59. The van der Waals surface area contributed by atoms with Crippen molar-refractivity contribution in [1.29, 1.82) is 5.26 Å². The molecule has 2 atom stereocenters. The minimum atomic E-state index is -0.428. The van der Waals surface area contributed by atoms with Gasteiger partial charge in [-0.3, -0.25) is 4.90 Å². The number of thiophene rings is 1. The van der Waals surface area contributed by atoms with Crippen molar-refractivity contribution in [1.82, 2.24) is 4.90 Å². The molecule has 14 heavy (non-hydrogen) atoms. The summed E-state index contributed by atoms with van der Waals surface area (Å²) in [6.07, 6.45) is 0. The topological polar surface area (TPSA) is 27.0 Å². The van der Waals surface area contributed by atoms with Crippen LogP contribution in [0.25, 0.3) is 0 Å². The lowest BCUT2D eigenvalue weighted by molar-refractivity contribution is 0.272. The van der Waals surface area contributed by atoms with Crippen molar-refractivity contribution in [3.8, 4) is 6.07 Å². The van der Waals surface area contributed by atoms with Crippen LogP contribution in [-0.4, -0.2) is 23.9 Å². The van der Waals surface area contributed by atoms with Crippen LogP contribution in [0.5, 0.6) is 0 Å². The van der Waals surface area contributed by atoms with E-state index in [1.54, 1.807) is 11.3 Å². The third kappa shape index (κ3) is 2.98. The monoisotopic (exact) mass is 228 g/mol. The molecule has 1 heterocycles. The smallest absolute Gasteiger partial charge is 0.133 e. The average Bonchev–Trinajstić information content (AvgIpc) is 2.69. The molecule has 1 aromatic heterocycles. The van der Waals surface area contributed by atoms with Crippen molar-refractivity contribution in [2.24, 2.45) is 0 Å². The summed E-state index contributed by atoms with van der Waals surface area (Å²) >= 11 is 7.49. The van der Waals surface area contributed by atoms with Crippen molar-refractivity contribution < 1.29 is 0 Å². The van der Waals surface area contributed by atoms with Crippen LogP contribution < -0.4 is 0 Å². The van der Waals surface area contributed by atoms with Crippen LogP contribution >= 0.6 is 22.9 Å². The number of hydrogen-bond donors (Lipinski definition) is 0. The Morgan fingerprint density at radius 3 is 2.93 bits per heavy atom. The predicted molar refractivity (Wildman–Crippen MR) is 60.6 cm³/mol. The SMILES string of the molecule is CC(c1cccs1)N(C)CC(Cl)C#N. The lowest BCUT2D eigenvalue weighted by atomic mass is 10.2. The quantitative estimate of drug-likeness (QED) is 0.741. The van der Waals surface area contributed by atoms with Gasteiger partial charge in [0.15, 0.2) is 0 Å². The second-order valence-electron chi connectivity index (χ2n) is 3.23.